The van der Waals surface area contributed by atoms with Crippen LogP contribution in [0.15, 0.2) is 33.6 Å². The zero-order chi connectivity index (χ0) is 13.9. The molecule has 1 heterocycles. The minimum atomic E-state index is -3.18. The van der Waals surface area contributed by atoms with Gasteiger partial charge < -0.3 is 5.32 Å². The van der Waals surface area contributed by atoms with E-state index in [4.69, 9.17) is 0 Å². The molecule has 6 heteroatoms. The summed E-state index contributed by atoms with van der Waals surface area (Å²) in [6.45, 7) is 5.49. The quantitative estimate of drug-likeness (QED) is 0.848. The Morgan fingerprint density at radius 2 is 1.95 bits per heavy atom. The highest BCUT2D eigenvalue weighted by Crippen LogP contribution is 2.16. The van der Waals surface area contributed by atoms with E-state index in [-0.39, 0.29) is 5.75 Å². The molecule has 0 spiro atoms. The smallest absolute Gasteiger partial charge is 0.179 e. The molecule has 106 valence electrons. The van der Waals surface area contributed by atoms with Gasteiger partial charge in [-0.2, -0.15) is 0 Å². The van der Waals surface area contributed by atoms with Gasteiger partial charge >= 0.3 is 0 Å². The lowest BCUT2D eigenvalue weighted by atomic mass is 10.1. The van der Waals surface area contributed by atoms with Gasteiger partial charge in [-0.3, -0.25) is 4.90 Å². The Kier molecular flexibility index (Phi) is 5.00. The largest absolute Gasteiger partial charge is 0.314 e. The van der Waals surface area contributed by atoms with Crippen molar-refractivity contribution in [2.45, 2.75) is 17.9 Å². The summed E-state index contributed by atoms with van der Waals surface area (Å²) in [5, 5.41) is 3.21. The van der Waals surface area contributed by atoms with Crippen molar-refractivity contribution in [1.29, 1.82) is 0 Å². The molecule has 19 heavy (non-hydrogen) atoms. The second-order valence-corrected chi connectivity index (χ2v) is 7.74. The first-order valence-corrected chi connectivity index (χ1v) is 8.90. The molecule has 0 aliphatic carbocycles. The van der Waals surface area contributed by atoms with E-state index in [9.17, 15) is 8.42 Å². The van der Waals surface area contributed by atoms with Crippen molar-refractivity contribution in [3.8, 4) is 0 Å². The van der Waals surface area contributed by atoms with Gasteiger partial charge in [0.1, 0.15) is 0 Å². The van der Waals surface area contributed by atoms with Gasteiger partial charge in [0.15, 0.2) is 9.84 Å². The van der Waals surface area contributed by atoms with E-state index in [2.05, 4.69) is 33.1 Å². The van der Waals surface area contributed by atoms with Crippen molar-refractivity contribution in [3.05, 3.63) is 28.7 Å². The molecule has 0 radical (unpaired) electrons. The number of benzene rings is 1. The Bertz CT molecular complexity index is 512. The lowest BCUT2D eigenvalue weighted by Gasteiger charge is -2.37. The Morgan fingerprint density at radius 1 is 1.32 bits per heavy atom. The zero-order valence-electron chi connectivity index (χ0n) is 11.0. The molecule has 0 aromatic heterocycles. The zero-order valence-corrected chi connectivity index (χ0v) is 13.4. The van der Waals surface area contributed by atoms with Gasteiger partial charge in [0, 0.05) is 30.1 Å². The van der Waals surface area contributed by atoms with Gasteiger partial charge in [0.25, 0.3) is 0 Å². The van der Waals surface area contributed by atoms with E-state index < -0.39 is 9.84 Å². The minimum Gasteiger partial charge on any atom is -0.314 e. The second-order valence-electron chi connectivity index (χ2n) is 4.71. The highest BCUT2D eigenvalue weighted by Gasteiger charge is 2.25. The molecule has 0 saturated carbocycles. The number of likely N-dealkylation sites (N-methyl/N-ethyl adjacent to an activating group) is 1. The van der Waals surface area contributed by atoms with Crippen LogP contribution in [0.2, 0.25) is 0 Å². The number of hydrogen-bond acceptors (Lipinski definition) is 4. The van der Waals surface area contributed by atoms with Gasteiger partial charge in [0.05, 0.1) is 10.6 Å². The summed E-state index contributed by atoms with van der Waals surface area (Å²) in [5.74, 6) is 0.180. The predicted octanol–water partition coefficient (Wildman–Crippen LogP) is 1.52. The maximum atomic E-state index is 12.2. The summed E-state index contributed by atoms with van der Waals surface area (Å²) in [6.07, 6.45) is 0. The maximum Gasteiger partial charge on any atom is 0.179 e. The highest BCUT2D eigenvalue weighted by molar-refractivity contribution is 9.10. The fourth-order valence-electron chi connectivity index (χ4n) is 2.13. The molecule has 0 atom stereocenters. The standard InChI is InChI=1S/C13H19BrN2O2S/c1-2-16(12-9-15-10-12)7-8-19(17,18)13-5-3-11(14)4-6-13/h3-6,12,15H,2,7-10H2,1H3. The summed E-state index contributed by atoms with van der Waals surface area (Å²) in [6, 6.07) is 7.33. The Balaban J connectivity index is 1.98. The average molecular weight is 347 g/mol. The molecule has 4 nitrogen and oxygen atoms in total. The second kappa shape index (κ2) is 6.35. The molecular weight excluding hydrogens is 328 g/mol. The number of nitrogens with zero attached hydrogens (tertiary/aromatic N) is 1. The van der Waals surface area contributed by atoms with Crippen LogP contribution in [-0.2, 0) is 9.84 Å². The van der Waals surface area contributed by atoms with Crippen LogP contribution in [-0.4, -0.2) is 51.3 Å². The molecule has 1 aliphatic heterocycles. The molecule has 1 N–H and O–H groups in total. The number of nitrogens with one attached hydrogen (secondary N) is 1. The summed E-state index contributed by atoms with van der Waals surface area (Å²) < 4.78 is 25.4. The lowest BCUT2D eigenvalue weighted by Crippen LogP contribution is -2.57. The highest BCUT2D eigenvalue weighted by atomic mass is 79.9. The Hall–Kier alpha value is -0.430. The average Bonchev–Trinajstić information content (AvgIpc) is 2.32. The monoisotopic (exact) mass is 346 g/mol. The molecule has 1 fully saturated rings. The van der Waals surface area contributed by atoms with Crippen LogP contribution >= 0.6 is 15.9 Å². The first-order chi connectivity index (χ1) is 9.03. The van der Waals surface area contributed by atoms with Crippen molar-refractivity contribution in [1.82, 2.24) is 10.2 Å². The fourth-order valence-corrected chi connectivity index (χ4v) is 3.65. The van der Waals surface area contributed by atoms with Crippen molar-refractivity contribution < 1.29 is 8.42 Å². The SMILES string of the molecule is CCN(CCS(=O)(=O)c1ccc(Br)cc1)C1CNC1. The van der Waals surface area contributed by atoms with Gasteiger partial charge in [-0.1, -0.05) is 22.9 Å². The minimum absolute atomic E-state index is 0.180. The van der Waals surface area contributed by atoms with Crippen LogP contribution in [0.3, 0.4) is 0 Å². The van der Waals surface area contributed by atoms with E-state index in [1.165, 1.54) is 0 Å². The van der Waals surface area contributed by atoms with Gasteiger partial charge in [-0.25, -0.2) is 8.42 Å². The molecule has 0 bridgehead atoms. The van der Waals surface area contributed by atoms with Gasteiger partial charge in [-0.15, -0.1) is 0 Å². The van der Waals surface area contributed by atoms with E-state index in [0.717, 1.165) is 24.1 Å². The summed E-state index contributed by atoms with van der Waals surface area (Å²) in [5.41, 5.74) is 0. The Morgan fingerprint density at radius 3 is 2.42 bits per heavy atom. The predicted molar refractivity (Wildman–Crippen MR) is 80.1 cm³/mol. The third kappa shape index (κ3) is 3.78. The van der Waals surface area contributed by atoms with Crippen LogP contribution in [0.4, 0.5) is 0 Å². The molecule has 1 aromatic carbocycles. The van der Waals surface area contributed by atoms with E-state index in [1.54, 1.807) is 24.3 Å². The van der Waals surface area contributed by atoms with Crippen LogP contribution in [0.5, 0.6) is 0 Å². The molecule has 0 unspecified atom stereocenters. The van der Waals surface area contributed by atoms with Crippen LogP contribution in [0, 0.1) is 0 Å². The molecular formula is C13H19BrN2O2S. The van der Waals surface area contributed by atoms with Crippen molar-refractivity contribution >= 4 is 25.8 Å². The number of hydrogen-bond donors (Lipinski definition) is 1. The molecule has 1 saturated heterocycles. The number of sulfone groups is 1. The number of rotatable bonds is 6. The van der Waals surface area contributed by atoms with Crippen molar-refractivity contribution in [3.63, 3.8) is 0 Å². The maximum absolute atomic E-state index is 12.2. The first-order valence-electron chi connectivity index (χ1n) is 6.46. The van der Waals surface area contributed by atoms with Gasteiger partial charge in [0.2, 0.25) is 0 Å². The molecule has 0 amide bonds. The summed E-state index contributed by atoms with van der Waals surface area (Å²) >= 11 is 3.31. The third-order valence-electron chi connectivity index (χ3n) is 3.50. The van der Waals surface area contributed by atoms with Crippen molar-refractivity contribution in [2.24, 2.45) is 0 Å². The third-order valence-corrected chi connectivity index (χ3v) is 5.74. The van der Waals surface area contributed by atoms with Crippen LogP contribution in [0.1, 0.15) is 6.92 Å². The number of halogens is 1. The normalized spacial score (nSPS) is 16.6. The van der Waals surface area contributed by atoms with Crippen LogP contribution < -0.4 is 5.32 Å². The topological polar surface area (TPSA) is 49.4 Å². The van der Waals surface area contributed by atoms with Crippen molar-refractivity contribution in [2.75, 3.05) is 31.9 Å². The van der Waals surface area contributed by atoms with Gasteiger partial charge in [-0.05, 0) is 30.8 Å². The van der Waals surface area contributed by atoms with Crippen LogP contribution in [0.25, 0.3) is 0 Å². The molecule has 2 rings (SSSR count). The Labute approximate surface area is 123 Å². The summed E-state index contributed by atoms with van der Waals surface area (Å²) in [4.78, 5) is 2.63. The van der Waals surface area contributed by atoms with E-state index in [0.29, 0.717) is 17.5 Å². The lowest BCUT2D eigenvalue weighted by molar-refractivity contribution is 0.161. The fraction of sp³-hybridized carbons (Fsp3) is 0.538. The van der Waals surface area contributed by atoms with E-state index in [1.807, 2.05) is 0 Å². The van der Waals surface area contributed by atoms with E-state index >= 15 is 0 Å². The molecule has 1 aliphatic rings. The summed E-state index contributed by atoms with van der Waals surface area (Å²) in [7, 11) is -3.18. The first kappa shape index (κ1) is 15.0. The molecule has 1 aromatic rings.